The van der Waals surface area contributed by atoms with Crippen LogP contribution in [0.1, 0.15) is 17.5 Å². The lowest BCUT2D eigenvalue weighted by atomic mass is 10.1. The first-order valence-corrected chi connectivity index (χ1v) is 8.55. The van der Waals surface area contributed by atoms with Gasteiger partial charge in [-0.25, -0.2) is 4.39 Å². The normalized spacial score (nSPS) is 16.2. The van der Waals surface area contributed by atoms with Crippen molar-refractivity contribution in [3.8, 4) is 0 Å². The second-order valence-corrected chi connectivity index (χ2v) is 6.64. The van der Waals surface area contributed by atoms with E-state index in [0.717, 1.165) is 16.8 Å². The molecule has 2 aromatic rings. The molecule has 1 heterocycles. The number of nitrogens with zero attached hydrogens (tertiary/aromatic N) is 3. The molecule has 2 amide bonds. The molecule has 1 aliphatic heterocycles. The number of rotatable bonds is 4. The second-order valence-electron chi connectivity index (χ2n) is 6.64. The molecule has 1 aliphatic rings. The number of carbonyl (C=O) groups excluding carboxylic acids is 2. The summed E-state index contributed by atoms with van der Waals surface area (Å²) in [6, 6.07) is 10.5. The fourth-order valence-corrected chi connectivity index (χ4v) is 3.18. The molecule has 27 heavy (non-hydrogen) atoms. The fourth-order valence-electron chi connectivity index (χ4n) is 3.18. The zero-order valence-corrected chi connectivity index (χ0v) is 15.4. The molecule has 2 N–H and O–H groups in total. The molecule has 0 aliphatic carbocycles. The van der Waals surface area contributed by atoms with Gasteiger partial charge < -0.3 is 10.6 Å². The SMILES string of the molecule is Cc1ccc(N(C)C(=O)C2=NN(c3ccc(F)cc3)C(C(N)=O)C2)c(C)c1. The number of anilines is 2. The molecule has 7 heteroatoms. The Bertz CT molecular complexity index is 924. The average Bonchev–Trinajstić information content (AvgIpc) is 3.07. The maximum absolute atomic E-state index is 13.2. The number of benzene rings is 2. The largest absolute Gasteiger partial charge is 0.368 e. The van der Waals surface area contributed by atoms with Gasteiger partial charge in [-0.3, -0.25) is 14.6 Å². The van der Waals surface area contributed by atoms with Gasteiger partial charge in [0.2, 0.25) is 5.91 Å². The number of carbonyl (C=O) groups is 2. The van der Waals surface area contributed by atoms with Crippen LogP contribution in [-0.4, -0.2) is 30.6 Å². The Morgan fingerprint density at radius 3 is 2.44 bits per heavy atom. The molecule has 2 aromatic carbocycles. The molecule has 0 bridgehead atoms. The Kier molecular flexibility index (Phi) is 4.94. The van der Waals surface area contributed by atoms with Crippen LogP contribution >= 0.6 is 0 Å². The molecule has 0 saturated heterocycles. The van der Waals surface area contributed by atoms with Crippen molar-refractivity contribution in [1.29, 1.82) is 0 Å². The molecule has 0 aromatic heterocycles. The van der Waals surface area contributed by atoms with Crippen LogP contribution < -0.4 is 15.6 Å². The van der Waals surface area contributed by atoms with Crippen molar-refractivity contribution < 1.29 is 14.0 Å². The van der Waals surface area contributed by atoms with Gasteiger partial charge in [0.1, 0.15) is 17.6 Å². The highest BCUT2D eigenvalue weighted by molar-refractivity contribution is 6.44. The molecule has 1 atom stereocenters. The van der Waals surface area contributed by atoms with Gasteiger partial charge in [0.15, 0.2) is 0 Å². The van der Waals surface area contributed by atoms with Crippen molar-refractivity contribution in [1.82, 2.24) is 0 Å². The van der Waals surface area contributed by atoms with E-state index in [2.05, 4.69) is 5.10 Å². The molecule has 1 unspecified atom stereocenters. The maximum atomic E-state index is 13.2. The fraction of sp³-hybridized carbons (Fsp3) is 0.250. The second kappa shape index (κ2) is 7.19. The lowest BCUT2D eigenvalue weighted by Gasteiger charge is -2.20. The molecule has 0 fully saturated rings. The van der Waals surface area contributed by atoms with E-state index < -0.39 is 17.8 Å². The van der Waals surface area contributed by atoms with Crippen molar-refractivity contribution in [3.05, 3.63) is 59.4 Å². The van der Waals surface area contributed by atoms with Gasteiger partial charge in [-0.2, -0.15) is 5.10 Å². The summed E-state index contributed by atoms with van der Waals surface area (Å²) in [6.07, 6.45) is 0.0980. The van der Waals surface area contributed by atoms with E-state index in [1.807, 2.05) is 32.0 Å². The van der Waals surface area contributed by atoms with Crippen molar-refractivity contribution in [2.75, 3.05) is 17.0 Å². The Hall–Kier alpha value is -3.22. The van der Waals surface area contributed by atoms with Crippen LogP contribution in [0.5, 0.6) is 0 Å². The van der Waals surface area contributed by atoms with E-state index in [0.29, 0.717) is 5.69 Å². The van der Waals surface area contributed by atoms with Crippen LogP contribution in [0.4, 0.5) is 15.8 Å². The molecule has 0 spiro atoms. The molecule has 140 valence electrons. The van der Waals surface area contributed by atoms with Crippen molar-refractivity contribution in [3.63, 3.8) is 0 Å². The van der Waals surface area contributed by atoms with Gasteiger partial charge in [0, 0.05) is 19.2 Å². The van der Waals surface area contributed by atoms with Crippen LogP contribution in [0.15, 0.2) is 47.6 Å². The molecular weight excluding hydrogens is 347 g/mol. The Labute approximate surface area is 157 Å². The first kappa shape index (κ1) is 18.6. The van der Waals surface area contributed by atoms with E-state index in [1.54, 1.807) is 7.05 Å². The van der Waals surface area contributed by atoms with Crippen molar-refractivity contribution in [2.45, 2.75) is 26.3 Å². The van der Waals surface area contributed by atoms with Gasteiger partial charge in [-0.05, 0) is 49.7 Å². The number of primary amides is 1. The van der Waals surface area contributed by atoms with E-state index in [9.17, 15) is 14.0 Å². The predicted octanol–water partition coefficient (Wildman–Crippen LogP) is 2.53. The van der Waals surface area contributed by atoms with Crippen molar-refractivity contribution in [2.24, 2.45) is 10.8 Å². The smallest absolute Gasteiger partial charge is 0.274 e. The van der Waals surface area contributed by atoms with Crippen LogP contribution in [0.2, 0.25) is 0 Å². The zero-order valence-electron chi connectivity index (χ0n) is 15.4. The molecular formula is C20H21FN4O2. The third kappa shape index (κ3) is 3.67. The molecule has 3 rings (SSSR count). The standard InChI is InChI=1S/C20H21FN4O2/c1-12-4-9-17(13(2)10-12)24(3)20(27)16-11-18(19(22)26)25(23-16)15-7-5-14(21)6-8-15/h4-10,18H,11H2,1-3H3,(H2,22,26). The highest BCUT2D eigenvalue weighted by Gasteiger charge is 2.36. The highest BCUT2D eigenvalue weighted by Crippen LogP contribution is 2.27. The summed E-state index contributed by atoms with van der Waals surface area (Å²) in [5, 5.41) is 5.70. The minimum atomic E-state index is -0.790. The monoisotopic (exact) mass is 368 g/mol. The summed E-state index contributed by atoms with van der Waals surface area (Å²) in [7, 11) is 1.67. The third-order valence-electron chi connectivity index (χ3n) is 4.60. The van der Waals surface area contributed by atoms with Crippen LogP contribution in [0.25, 0.3) is 0 Å². The van der Waals surface area contributed by atoms with Crippen LogP contribution in [0.3, 0.4) is 0 Å². The van der Waals surface area contributed by atoms with Gasteiger partial charge in [-0.15, -0.1) is 0 Å². The van der Waals surface area contributed by atoms with E-state index in [-0.39, 0.29) is 18.0 Å². The van der Waals surface area contributed by atoms with Crippen molar-refractivity contribution >= 4 is 28.9 Å². The minimum Gasteiger partial charge on any atom is -0.368 e. The number of hydrogen-bond acceptors (Lipinski definition) is 4. The lowest BCUT2D eigenvalue weighted by molar-refractivity contribution is -0.119. The van der Waals surface area contributed by atoms with E-state index >= 15 is 0 Å². The summed E-state index contributed by atoms with van der Waals surface area (Å²) in [6.45, 7) is 3.91. The van der Waals surface area contributed by atoms with Gasteiger partial charge >= 0.3 is 0 Å². The Balaban J connectivity index is 1.90. The van der Waals surface area contributed by atoms with Gasteiger partial charge in [-0.1, -0.05) is 17.7 Å². The zero-order chi connectivity index (χ0) is 19.7. The Morgan fingerprint density at radius 2 is 1.85 bits per heavy atom. The summed E-state index contributed by atoms with van der Waals surface area (Å²) in [5.41, 5.74) is 9.05. The highest BCUT2D eigenvalue weighted by atomic mass is 19.1. The number of hydrogen-bond donors (Lipinski definition) is 1. The first-order valence-electron chi connectivity index (χ1n) is 8.55. The molecule has 0 saturated carbocycles. The predicted molar refractivity (Wildman–Crippen MR) is 103 cm³/mol. The summed E-state index contributed by atoms with van der Waals surface area (Å²) in [5.74, 6) is -1.30. The van der Waals surface area contributed by atoms with E-state index in [4.69, 9.17) is 5.73 Å². The summed E-state index contributed by atoms with van der Waals surface area (Å²) >= 11 is 0. The number of hydrazone groups is 1. The minimum absolute atomic E-state index is 0.0980. The number of halogens is 1. The van der Waals surface area contributed by atoms with E-state index in [1.165, 1.54) is 34.2 Å². The number of aryl methyl sites for hydroxylation is 2. The van der Waals surface area contributed by atoms with Crippen LogP contribution in [-0.2, 0) is 9.59 Å². The van der Waals surface area contributed by atoms with Gasteiger partial charge in [0.05, 0.1) is 5.69 Å². The Morgan fingerprint density at radius 1 is 1.19 bits per heavy atom. The topological polar surface area (TPSA) is 79.0 Å². The maximum Gasteiger partial charge on any atom is 0.274 e. The molecule has 0 radical (unpaired) electrons. The lowest BCUT2D eigenvalue weighted by Crippen LogP contribution is -2.40. The van der Waals surface area contributed by atoms with Crippen LogP contribution in [0, 0.1) is 19.7 Å². The first-order chi connectivity index (χ1) is 12.8. The van der Waals surface area contributed by atoms with Gasteiger partial charge in [0.25, 0.3) is 5.91 Å². The molecule has 6 nitrogen and oxygen atoms in total. The quantitative estimate of drug-likeness (QED) is 0.901. The number of amides is 2. The third-order valence-corrected chi connectivity index (χ3v) is 4.60. The average molecular weight is 368 g/mol. The summed E-state index contributed by atoms with van der Waals surface area (Å²) in [4.78, 5) is 26.3. The summed E-state index contributed by atoms with van der Waals surface area (Å²) < 4.78 is 13.2. The number of nitrogens with two attached hydrogens (primary N) is 1.